The minimum Gasteiger partial charge on any atom is -0.258 e. The van der Waals surface area contributed by atoms with Gasteiger partial charge >= 0.3 is 0 Å². The second-order valence-corrected chi connectivity index (χ2v) is 6.09. The van der Waals surface area contributed by atoms with Crippen LogP contribution in [0.2, 0.25) is 0 Å². The van der Waals surface area contributed by atoms with Crippen LogP contribution in [0.15, 0.2) is 46.2 Å². The lowest BCUT2D eigenvalue weighted by molar-refractivity contribution is -0.396. The van der Waals surface area contributed by atoms with Crippen LogP contribution < -0.4 is 0 Å². The fourth-order valence-electron chi connectivity index (χ4n) is 1.95. The molecule has 0 heterocycles. The Morgan fingerprint density at radius 3 is 2.00 bits per heavy atom. The maximum atomic E-state index is 12.6. The third-order valence-electron chi connectivity index (χ3n) is 3.14. The first-order chi connectivity index (χ1) is 11.2. The standard InChI is InChI=1S/C13H9N3O7S/c1-8-2-4-10(7-11(8)15(19)20)24(23)13-5-3-9(14(17)18)6-12(13)16(21)22/h2-7H,1H3. The second kappa shape index (κ2) is 6.50. The number of benzene rings is 2. The van der Waals surface area contributed by atoms with Gasteiger partial charge in [0.2, 0.25) is 0 Å². The Morgan fingerprint density at radius 1 is 0.833 bits per heavy atom. The van der Waals surface area contributed by atoms with Crippen LogP contribution in [0.1, 0.15) is 5.56 Å². The van der Waals surface area contributed by atoms with Crippen molar-refractivity contribution in [3.63, 3.8) is 0 Å². The van der Waals surface area contributed by atoms with Crippen LogP contribution in [0.25, 0.3) is 0 Å². The Bertz CT molecular complexity index is 897. The molecule has 0 radical (unpaired) electrons. The van der Waals surface area contributed by atoms with E-state index in [0.29, 0.717) is 11.6 Å². The lowest BCUT2D eigenvalue weighted by Gasteiger charge is -2.05. The van der Waals surface area contributed by atoms with E-state index in [1.807, 2.05) is 0 Å². The smallest absolute Gasteiger partial charge is 0.258 e. The molecular weight excluding hydrogens is 342 g/mol. The number of hydrogen-bond donors (Lipinski definition) is 0. The SMILES string of the molecule is Cc1ccc(S(=O)c2ccc([N+](=O)[O-])cc2[N+](=O)[O-])cc1[N+](=O)[O-]. The number of rotatable bonds is 5. The number of aryl methyl sites for hydroxylation is 1. The molecule has 2 rings (SSSR count). The van der Waals surface area contributed by atoms with Gasteiger partial charge in [0.25, 0.3) is 17.1 Å². The van der Waals surface area contributed by atoms with E-state index < -0.39 is 36.9 Å². The molecule has 10 nitrogen and oxygen atoms in total. The molecule has 24 heavy (non-hydrogen) atoms. The molecular formula is C13H9N3O7S. The van der Waals surface area contributed by atoms with E-state index in [0.717, 1.165) is 18.2 Å². The van der Waals surface area contributed by atoms with E-state index in [2.05, 4.69) is 0 Å². The molecule has 1 atom stereocenters. The van der Waals surface area contributed by atoms with E-state index in [1.165, 1.54) is 19.1 Å². The zero-order valence-electron chi connectivity index (χ0n) is 12.1. The molecule has 124 valence electrons. The van der Waals surface area contributed by atoms with E-state index in [-0.39, 0.29) is 15.5 Å². The molecule has 1 unspecified atom stereocenters. The molecule has 0 aliphatic rings. The van der Waals surface area contributed by atoms with Crippen molar-refractivity contribution in [2.24, 2.45) is 0 Å². The average Bonchev–Trinajstić information content (AvgIpc) is 2.53. The summed E-state index contributed by atoms with van der Waals surface area (Å²) in [6, 6.07) is 6.50. The highest BCUT2D eigenvalue weighted by atomic mass is 32.2. The summed E-state index contributed by atoms with van der Waals surface area (Å²) in [5.74, 6) is 0. The Morgan fingerprint density at radius 2 is 1.46 bits per heavy atom. The highest BCUT2D eigenvalue weighted by molar-refractivity contribution is 7.85. The second-order valence-electron chi connectivity index (χ2n) is 4.64. The van der Waals surface area contributed by atoms with Gasteiger partial charge in [-0.15, -0.1) is 0 Å². The molecule has 0 amide bonds. The predicted octanol–water partition coefficient (Wildman–Crippen LogP) is 2.89. The van der Waals surface area contributed by atoms with Crippen molar-refractivity contribution in [3.8, 4) is 0 Å². The van der Waals surface area contributed by atoms with Crippen molar-refractivity contribution in [3.05, 3.63) is 72.3 Å². The number of nitro benzene ring substituents is 3. The first-order valence-electron chi connectivity index (χ1n) is 6.32. The van der Waals surface area contributed by atoms with Crippen LogP contribution >= 0.6 is 0 Å². The Balaban J connectivity index is 2.58. The topological polar surface area (TPSA) is 146 Å². The quantitative estimate of drug-likeness (QED) is 0.594. The molecule has 11 heteroatoms. The van der Waals surface area contributed by atoms with Crippen molar-refractivity contribution in [1.82, 2.24) is 0 Å². The molecule has 0 saturated heterocycles. The van der Waals surface area contributed by atoms with E-state index in [4.69, 9.17) is 0 Å². The molecule has 0 saturated carbocycles. The molecule has 0 aliphatic heterocycles. The number of nitro groups is 3. The van der Waals surface area contributed by atoms with Crippen LogP contribution in [0.5, 0.6) is 0 Å². The Kier molecular flexibility index (Phi) is 4.64. The van der Waals surface area contributed by atoms with Gasteiger partial charge in [0.15, 0.2) is 0 Å². The third-order valence-corrected chi connectivity index (χ3v) is 4.57. The van der Waals surface area contributed by atoms with Crippen molar-refractivity contribution in [2.45, 2.75) is 16.7 Å². The molecule has 2 aromatic carbocycles. The first kappa shape index (κ1) is 17.1. The largest absolute Gasteiger partial charge is 0.292 e. The van der Waals surface area contributed by atoms with Crippen LogP contribution in [-0.4, -0.2) is 19.0 Å². The molecule has 0 aromatic heterocycles. The summed E-state index contributed by atoms with van der Waals surface area (Å²) in [7, 11) is -2.10. The highest BCUT2D eigenvalue weighted by Gasteiger charge is 2.25. The van der Waals surface area contributed by atoms with E-state index in [9.17, 15) is 34.6 Å². The zero-order valence-corrected chi connectivity index (χ0v) is 12.9. The normalized spacial score (nSPS) is 11.7. The summed E-state index contributed by atoms with van der Waals surface area (Å²) >= 11 is 0. The number of non-ortho nitro benzene ring substituents is 1. The van der Waals surface area contributed by atoms with Gasteiger partial charge in [-0.3, -0.25) is 30.3 Å². The first-order valence-corrected chi connectivity index (χ1v) is 7.47. The number of hydrogen-bond acceptors (Lipinski definition) is 7. The van der Waals surface area contributed by atoms with Crippen molar-refractivity contribution in [1.29, 1.82) is 0 Å². The lowest BCUT2D eigenvalue weighted by atomic mass is 10.2. The van der Waals surface area contributed by atoms with Gasteiger partial charge in [-0.1, -0.05) is 6.07 Å². The van der Waals surface area contributed by atoms with Crippen molar-refractivity contribution >= 4 is 27.9 Å². The molecule has 2 aromatic rings. The van der Waals surface area contributed by atoms with Gasteiger partial charge in [0.1, 0.15) is 4.90 Å². The van der Waals surface area contributed by atoms with Gasteiger partial charge in [-0.05, 0) is 19.1 Å². The summed E-state index contributed by atoms with van der Waals surface area (Å²) in [6.45, 7) is 1.50. The summed E-state index contributed by atoms with van der Waals surface area (Å²) in [5, 5.41) is 32.8. The maximum Gasteiger partial charge on any atom is 0.292 e. The molecule has 0 bridgehead atoms. The predicted molar refractivity (Wildman–Crippen MR) is 82.3 cm³/mol. The number of nitrogens with zero attached hydrogens (tertiary/aromatic N) is 3. The van der Waals surface area contributed by atoms with Gasteiger partial charge in [0, 0.05) is 17.7 Å². The molecule has 0 N–H and O–H groups in total. The fourth-order valence-corrected chi connectivity index (χ4v) is 3.13. The minimum atomic E-state index is -2.10. The molecule has 0 aliphatic carbocycles. The van der Waals surface area contributed by atoms with Gasteiger partial charge in [-0.25, -0.2) is 4.21 Å². The van der Waals surface area contributed by atoms with Crippen molar-refractivity contribution in [2.75, 3.05) is 0 Å². The van der Waals surface area contributed by atoms with Crippen LogP contribution in [0.3, 0.4) is 0 Å². The summed E-state index contributed by atoms with van der Waals surface area (Å²) in [5.41, 5.74) is -1.13. The zero-order chi connectivity index (χ0) is 18.0. The summed E-state index contributed by atoms with van der Waals surface area (Å²) in [6.07, 6.45) is 0. The Hall–Kier alpha value is -3.21. The van der Waals surface area contributed by atoms with E-state index in [1.54, 1.807) is 0 Å². The lowest BCUT2D eigenvalue weighted by Crippen LogP contribution is -2.02. The highest BCUT2D eigenvalue weighted by Crippen LogP contribution is 2.31. The van der Waals surface area contributed by atoms with E-state index >= 15 is 0 Å². The summed E-state index contributed by atoms with van der Waals surface area (Å²) in [4.78, 5) is 30.1. The van der Waals surface area contributed by atoms with Gasteiger partial charge in [-0.2, -0.15) is 0 Å². The third kappa shape index (κ3) is 3.25. The monoisotopic (exact) mass is 351 g/mol. The average molecular weight is 351 g/mol. The fraction of sp³-hybridized carbons (Fsp3) is 0.0769. The van der Waals surface area contributed by atoms with Crippen LogP contribution in [0.4, 0.5) is 17.1 Å². The van der Waals surface area contributed by atoms with Crippen LogP contribution in [-0.2, 0) is 10.8 Å². The van der Waals surface area contributed by atoms with Gasteiger partial charge in [0.05, 0.1) is 36.5 Å². The maximum absolute atomic E-state index is 12.6. The van der Waals surface area contributed by atoms with Crippen LogP contribution in [0, 0.1) is 37.3 Å². The molecule has 0 spiro atoms. The minimum absolute atomic E-state index is 0.00995. The van der Waals surface area contributed by atoms with Gasteiger partial charge < -0.3 is 0 Å². The molecule has 0 fully saturated rings. The summed E-state index contributed by atoms with van der Waals surface area (Å²) < 4.78 is 12.6. The van der Waals surface area contributed by atoms with Crippen molar-refractivity contribution < 1.29 is 19.0 Å². The Labute approximate surface area is 136 Å².